The highest BCUT2D eigenvalue weighted by Gasteiger charge is 2.22. The number of carbonyl (C=O) groups is 1. The van der Waals surface area contributed by atoms with Gasteiger partial charge in [-0.15, -0.1) is 0 Å². The number of carbonyl (C=O) groups excluding carboxylic acids is 1. The van der Waals surface area contributed by atoms with Crippen LogP contribution in [0.4, 0.5) is 0 Å². The highest BCUT2D eigenvalue weighted by Crippen LogP contribution is 2.31. The maximum Gasteiger partial charge on any atom is 0.271 e. The minimum atomic E-state index is -0.965. The van der Waals surface area contributed by atoms with E-state index in [1.54, 1.807) is 6.92 Å². The first-order valence-electron chi connectivity index (χ1n) is 5.78. The van der Waals surface area contributed by atoms with E-state index in [-0.39, 0.29) is 27.3 Å². The van der Waals surface area contributed by atoms with Crippen molar-refractivity contribution in [1.82, 2.24) is 10.3 Å². The molecule has 106 valence electrons. The lowest BCUT2D eigenvalue weighted by molar-refractivity contribution is 0.0468. The van der Waals surface area contributed by atoms with Crippen LogP contribution in [0, 0.1) is 0 Å². The van der Waals surface area contributed by atoms with Crippen LogP contribution in [0.3, 0.4) is 0 Å². The molecule has 1 unspecified atom stereocenters. The Labute approximate surface area is 127 Å². The molecule has 0 spiro atoms. The second kappa shape index (κ2) is 6.75. The Morgan fingerprint density at radius 2 is 2.05 bits per heavy atom. The van der Waals surface area contributed by atoms with E-state index in [9.17, 15) is 9.90 Å². The first-order valence-corrected chi connectivity index (χ1v) is 6.92. The van der Waals surface area contributed by atoms with E-state index >= 15 is 0 Å². The Morgan fingerprint density at radius 3 is 2.63 bits per heavy atom. The molecule has 0 bridgehead atoms. The molecule has 0 fully saturated rings. The fraction of sp³-hybridized carbons (Fsp3) is 0.500. The zero-order valence-corrected chi connectivity index (χ0v) is 12.9. The molecule has 0 saturated carbocycles. The van der Waals surface area contributed by atoms with Crippen molar-refractivity contribution in [2.45, 2.75) is 32.3 Å². The number of halogens is 3. The second-order valence-electron chi connectivity index (χ2n) is 4.51. The summed E-state index contributed by atoms with van der Waals surface area (Å²) in [6, 6.07) is 0. The molecular formula is C12H15Cl3N2O2. The van der Waals surface area contributed by atoms with Gasteiger partial charge in [0, 0.05) is 12.7 Å². The molecule has 1 aromatic rings. The Bertz CT molecular complexity index is 478. The standard InChI is InChI=1S/C12H15Cl3N2O2/c1-3-4-12(2,19)6-17-11(18)10-9(15)8(14)7(13)5-16-10/h5,19H,3-4,6H2,1-2H3,(H,17,18). The molecule has 1 heterocycles. The van der Waals surface area contributed by atoms with Gasteiger partial charge < -0.3 is 10.4 Å². The molecular weight excluding hydrogens is 311 g/mol. The summed E-state index contributed by atoms with van der Waals surface area (Å²) >= 11 is 17.5. The molecule has 0 aliphatic carbocycles. The summed E-state index contributed by atoms with van der Waals surface area (Å²) in [5.41, 5.74) is -0.976. The van der Waals surface area contributed by atoms with Crippen molar-refractivity contribution in [2.75, 3.05) is 6.54 Å². The van der Waals surface area contributed by atoms with E-state index in [2.05, 4.69) is 10.3 Å². The summed E-state index contributed by atoms with van der Waals surface area (Å²) in [4.78, 5) is 15.8. The lowest BCUT2D eigenvalue weighted by Crippen LogP contribution is -2.40. The van der Waals surface area contributed by atoms with Crippen LogP contribution in [-0.2, 0) is 0 Å². The fourth-order valence-electron chi connectivity index (χ4n) is 1.58. The van der Waals surface area contributed by atoms with Crippen LogP contribution in [-0.4, -0.2) is 28.1 Å². The minimum Gasteiger partial charge on any atom is -0.388 e. The van der Waals surface area contributed by atoms with Crippen molar-refractivity contribution in [3.05, 3.63) is 27.0 Å². The average molecular weight is 326 g/mol. The molecule has 0 aliphatic rings. The van der Waals surface area contributed by atoms with Gasteiger partial charge in [-0.05, 0) is 13.3 Å². The fourth-order valence-corrected chi connectivity index (χ4v) is 2.15. The van der Waals surface area contributed by atoms with Crippen molar-refractivity contribution < 1.29 is 9.90 Å². The molecule has 1 amide bonds. The largest absolute Gasteiger partial charge is 0.388 e. The zero-order chi connectivity index (χ0) is 14.6. The van der Waals surface area contributed by atoms with Crippen molar-refractivity contribution in [2.24, 2.45) is 0 Å². The van der Waals surface area contributed by atoms with Gasteiger partial charge in [0.2, 0.25) is 0 Å². The smallest absolute Gasteiger partial charge is 0.271 e. The summed E-state index contributed by atoms with van der Waals surface area (Å²) in [5, 5.41) is 12.8. The number of aliphatic hydroxyl groups is 1. The highest BCUT2D eigenvalue weighted by atomic mass is 35.5. The van der Waals surface area contributed by atoms with Crippen LogP contribution in [0.25, 0.3) is 0 Å². The van der Waals surface area contributed by atoms with Gasteiger partial charge in [-0.2, -0.15) is 0 Å². The van der Waals surface area contributed by atoms with Gasteiger partial charge in [-0.1, -0.05) is 48.1 Å². The normalized spacial score (nSPS) is 14.0. The van der Waals surface area contributed by atoms with E-state index < -0.39 is 11.5 Å². The first-order chi connectivity index (χ1) is 8.78. The minimum absolute atomic E-state index is 0.00167. The molecule has 0 aliphatic heterocycles. The lowest BCUT2D eigenvalue weighted by atomic mass is 10.0. The molecule has 0 saturated heterocycles. The topological polar surface area (TPSA) is 62.2 Å². The van der Waals surface area contributed by atoms with Crippen molar-refractivity contribution in [3.8, 4) is 0 Å². The van der Waals surface area contributed by atoms with Crippen LogP contribution >= 0.6 is 34.8 Å². The zero-order valence-electron chi connectivity index (χ0n) is 10.6. The Kier molecular flexibility index (Phi) is 5.86. The molecule has 1 aromatic heterocycles. The van der Waals surface area contributed by atoms with Gasteiger partial charge in [0.05, 0.1) is 20.7 Å². The number of hydrogen-bond donors (Lipinski definition) is 2. The number of hydrogen-bond acceptors (Lipinski definition) is 3. The van der Waals surface area contributed by atoms with E-state index in [1.807, 2.05) is 6.92 Å². The molecule has 2 N–H and O–H groups in total. The third-order valence-corrected chi connectivity index (χ3v) is 3.79. The molecule has 19 heavy (non-hydrogen) atoms. The van der Waals surface area contributed by atoms with Crippen LogP contribution in [0.15, 0.2) is 6.20 Å². The van der Waals surface area contributed by atoms with Crippen LogP contribution in [0.2, 0.25) is 15.1 Å². The molecule has 4 nitrogen and oxygen atoms in total. The van der Waals surface area contributed by atoms with Crippen LogP contribution < -0.4 is 5.32 Å². The SMILES string of the molecule is CCCC(C)(O)CNC(=O)c1ncc(Cl)c(Cl)c1Cl. The third kappa shape index (κ3) is 4.49. The molecule has 0 aromatic carbocycles. The van der Waals surface area contributed by atoms with Crippen molar-refractivity contribution in [1.29, 1.82) is 0 Å². The summed E-state index contributed by atoms with van der Waals surface area (Å²) in [7, 11) is 0. The number of nitrogens with one attached hydrogen (secondary N) is 1. The van der Waals surface area contributed by atoms with Gasteiger partial charge in [0.1, 0.15) is 5.69 Å². The van der Waals surface area contributed by atoms with Crippen LogP contribution in [0.5, 0.6) is 0 Å². The maximum atomic E-state index is 11.9. The number of nitrogens with zero attached hydrogens (tertiary/aromatic N) is 1. The molecule has 0 radical (unpaired) electrons. The van der Waals surface area contributed by atoms with E-state index in [4.69, 9.17) is 34.8 Å². The third-order valence-electron chi connectivity index (χ3n) is 2.55. The highest BCUT2D eigenvalue weighted by molar-refractivity contribution is 6.48. The van der Waals surface area contributed by atoms with Crippen molar-refractivity contribution in [3.63, 3.8) is 0 Å². The summed E-state index contributed by atoms with van der Waals surface area (Å²) < 4.78 is 0. The van der Waals surface area contributed by atoms with Crippen molar-refractivity contribution >= 4 is 40.7 Å². The molecule has 1 atom stereocenters. The van der Waals surface area contributed by atoms with Gasteiger partial charge >= 0.3 is 0 Å². The van der Waals surface area contributed by atoms with E-state index in [0.717, 1.165) is 6.42 Å². The first kappa shape index (κ1) is 16.5. The number of rotatable bonds is 5. The van der Waals surface area contributed by atoms with E-state index in [1.165, 1.54) is 6.20 Å². The predicted molar refractivity (Wildman–Crippen MR) is 77.1 cm³/mol. The van der Waals surface area contributed by atoms with Gasteiger partial charge in [-0.3, -0.25) is 4.79 Å². The number of pyridine rings is 1. The number of amides is 1. The van der Waals surface area contributed by atoms with E-state index in [0.29, 0.717) is 6.42 Å². The Hall–Kier alpha value is -0.550. The number of aromatic nitrogens is 1. The lowest BCUT2D eigenvalue weighted by Gasteiger charge is -2.22. The van der Waals surface area contributed by atoms with Gasteiger partial charge in [0.25, 0.3) is 5.91 Å². The molecule has 1 rings (SSSR count). The van der Waals surface area contributed by atoms with Gasteiger partial charge in [-0.25, -0.2) is 4.98 Å². The quantitative estimate of drug-likeness (QED) is 0.873. The summed E-state index contributed by atoms with van der Waals surface area (Å²) in [5.74, 6) is -0.500. The van der Waals surface area contributed by atoms with Gasteiger partial charge in [0.15, 0.2) is 0 Å². The monoisotopic (exact) mass is 324 g/mol. The molecule has 7 heteroatoms. The average Bonchev–Trinajstić information content (AvgIpc) is 2.33. The van der Waals surface area contributed by atoms with Crippen LogP contribution in [0.1, 0.15) is 37.2 Å². The predicted octanol–water partition coefficient (Wildman–Crippen LogP) is 3.32. The maximum absolute atomic E-state index is 11.9. The summed E-state index contributed by atoms with van der Waals surface area (Å²) in [6.07, 6.45) is 2.65. The second-order valence-corrected chi connectivity index (χ2v) is 5.68. The Balaban J connectivity index is 2.77. The Morgan fingerprint density at radius 1 is 1.42 bits per heavy atom. The summed E-state index contributed by atoms with van der Waals surface area (Å²) in [6.45, 7) is 3.71.